The van der Waals surface area contributed by atoms with Crippen LogP contribution < -0.4 is 10.1 Å². The summed E-state index contributed by atoms with van der Waals surface area (Å²) in [6.45, 7) is 2.94. The van der Waals surface area contributed by atoms with E-state index in [1.54, 1.807) is 25.1 Å². The molecule has 0 aliphatic carbocycles. The first kappa shape index (κ1) is 16.2. The van der Waals surface area contributed by atoms with E-state index in [1.165, 1.54) is 31.2 Å². The molecule has 2 aromatic rings. The average molecular weight is 314 g/mol. The highest BCUT2D eigenvalue weighted by atomic mass is 16.6. The molecule has 118 valence electrons. The second-order valence-corrected chi connectivity index (χ2v) is 4.83. The molecule has 0 aromatic heterocycles. The summed E-state index contributed by atoms with van der Waals surface area (Å²) in [6, 6.07) is 10.3. The first-order valence-electron chi connectivity index (χ1n) is 6.71. The molecule has 23 heavy (non-hydrogen) atoms. The Morgan fingerprint density at radius 2 is 1.91 bits per heavy atom. The SMILES string of the molecule is CC(=O)Oc1cccc(C(=O)Nc2ccc([N+](=O)[O-])cc2C)c1. The number of benzene rings is 2. The van der Waals surface area contributed by atoms with E-state index < -0.39 is 16.8 Å². The van der Waals surface area contributed by atoms with Crippen molar-refractivity contribution in [3.8, 4) is 5.75 Å². The monoisotopic (exact) mass is 314 g/mol. The molecular weight excluding hydrogens is 300 g/mol. The molecule has 0 radical (unpaired) electrons. The van der Waals surface area contributed by atoms with E-state index in [-0.39, 0.29) is 11.4 Å². The van der Waals surface area contributed by atoms with Crippen molar-refractivity contribution in [1.29, 1.82) is 0 Å². The van der Waals surface area contributed by atoms with E-state index in [0.717, 1.165) is 0 Å². The van der Waals surface area contributed by atoms with Crippen LogP contribution in [0, 0.1) is 17.0 Å². The van der Waals surface area contributed by atoms with E-state index in [4.69, 9.17) is 4.74 Å². The number of carbonyl (C=O) groups excluding carboxylic acids is 2. The standard InChI is InChI=1S/C16H14N2O5/c1-10-8-13(18(21)22)6-7-15(10)17-16(20)12-4-3-5-14(9-12)23-11(2)19/h3-9H,1-2H3,(H,17,20). The molecule has 2 aromatic carbocycles. The molecule has 0 spiro atoms. The summed E-state index contributed by atoms with van der Waals surface area (Å²) in [5.41, 5.74) is 1.31. The molecule has 0 atom stereocenters. The molecule has 0 unspecified atom stereocenters. The summed E-state index contributed by atoms with van der Waals surface area (Å²) in [7, 11) is 0. The van der Waals surface area contributed by atoms with Crippen LogP contribution in [0.25, 0.3) is 0 Å². The third-order valence-corrected chi connectivity index (χ3v) is 3.03. The van der Waals surface area contributed by atoms with Crippen molar-refractivity contribution in [1.82, 2.24) is 0 Å². The fraction of sp³-hybridized carbons (Fsp3) is 0.125. The number of anilines is 1. The minimum Gasteiger partial charge on any atom is -0.427 e. The summed E-state index contributed by atoms with van der Waals surface area (Å²) in [4.78, 5) is 33.4. The molecule has 0 heterocycles. The van der Waals surface area contributed by atoms with Crippen molar-refractivity contribution in [2.75, 3.05) is 5.32 Å². The van der Waals surface area contributed by atoms with Gasteiger partial charge in [-0.15, -0.1) is 0 Å². The largest absolute Gasteiger partial charge is 0.427 e. The van der Waals surface area contributed by atoms with E-state index in [2.05, 4.69) is 5.32 Å². The quantitative estimate of drug-likeness (QED) is 0.404. The number of aryl methyl sites for hydroxylation is 1. The molecule has 0 saturated carbocycles. The summed E-state index contributed by atoms with van der Waals surface area (Å²) in [6.07, 6.45) is 0. The summed E-state index contributed by atoms with van der Waals surface area (Å²) in [5.74, 6) is -0.615. The lowest BCUT2D eigenvalue weighted by molar-refractivity contribution is -0.384. The van der Waals surface area contributed by atoms with Crippen molar-refractivity contribution in [2.45, 2.75) is 13.8 Å². The molecular formula is C16H14N2O5. The molecule has 1 amide bonds. The van der Waals surface area contributed by atoms with Gasteiger partial charge in [0, 0.05) is 30.3 Å². The normalized spacial score (nSPS) is 10.0. The summed E-state index contributed by atoms with van der Waals surface area (Å²) < 4.78 is 4.93. The number of ether oxygens (including phenoxy) is 1. The highest BCUT2D eigenvalue weighted by molar-refractivity contribution is 6.05. The van der Waals surface area contributed by atoms with Gasteiger partial charge in [0.15, 0.2) is 0 Å². The molecule has 0 saturated heterocycles. The van der Waals surface area contributed by atoms with Crippen LogP contribution >= 0.6 is 0 Å². The number of hydrogen-bond donors (Lipinski definition) is 1. The topological polar surface area (TPSA) is 98.5 Å². The number of rotatable bonds is 4. The Morgan fingerprint density at radius 1 is 1.17 bits per heavy atom. The van der Waals surface area contributed by atoms with Crippen LogP contribution in [0.5, 0.6) is 5.75 Å². The van der Waals surface area contributed by atoms with Crippen LogP contribution in [0.2, 0.25) is 0 Å². The summed E-state index contributed by atoms with van der Waals surface area (Å²) in [5, 5.41) is 13.4. The van der Waals surface area contributed by atoms with Gasteiger partial charge in [0.2, 0.25) is 0 Å². The smallest absolute Gasteiger partial charge is 0.308 e. The number of nitrogens with zero attached hydrogens (tertiary/aromatic N) is 1. The minimum atomic E-state index is -0.499. The van der Waals surface area contributed by atoms with Crippen LogP contribution in [-0.4, -0.2) is 16.8 Å². The Morgan fingerprint density at radius 3 is 2.52 bits per heavy atom. The number of nitro benzene ring substituents is 1. The van der Waals surface area contributed by atoms with Crippen molar-refractivity contribution in [3.63, 3.8) is 0 Å². The zero-order valence-corrected chi connectivity index (χ0v) is 12.5. The first-order valence-corrected chi connectivity index (χ1v) is 6.71. The minimum absolute atomic E-state index is 0.0441. The third-order valence-electron chi connectivity index (χ3n) is 3.03. The number of nitro groups is 1. The lowest BCUT2D eigenvalue weighted by atomic mass is 10.1. The predicted octanol–water partition coefficient (Wildman–Crippen LogP) is 3.08. The number of non-ortho nitro benzene ring substituents is 1. The predicted molar refractivity (Wildman–Crippen MR) is 83.5 cm³/mol. The molecule has 7 heteroatoms. The van der Waals surface area contributed by atoms with Gasteiger partial charge in [0.1, 0.15) is 5.75 Å². The average Bonchev–Trinajstić information content (AvgIpc) is 2.48. The van der Waals surface area contributed by atoms with E-state index in [0.29, 0.717) is 16.8 Å². The number of amides is 1. The molecule has 2 rings (SSSR count). The number of hydrogen-bond acceptors (Lipinski definition) is 5. The number of carbonyl (C=O) groups is 2. The van der Waals surface area contributed by atoms with Gasteiger partial charge < -0.3 is 10.1 Å². The highest BCUT2D eigenvalue weighted by Gasteiger charge is 2.12. The molecule has 0 fully saturated rings. The van der Waals surface area contributed by atoms with Gasteiger partial charge in [-0.3, -0.25) is 19.7 Å². The molecule has 0 aliphatic heterocycles. The second-order valence-electron chi connectivity index (χ2n) is 4.83. The Bertz CT molecular complexity index is 786. The lowest BCUT2D eigenvalue weighted by Gasteiger charge is -2.09. The van der Waals surface area contributed by atoms with Gasteiger partial charge in [-0.05, 0) is 36.8 Å². The maximum Gasteiger partial charge on any atom is 0.308 e. The van der Waals surface area contributed by atoms with E-state index in [9.17, 15) is 19.7 Å². The Hall–Kier alpha value is -3.22. The lowest BCUT2D eigenvalue weighted by Crippen LogP contribution is -2.13. The van der Waals surface area contributed by atoms with Crippen molar-refractivity contribution < 1.29 is 19.2 Å². The van der Waals surface area contributed by atoms with Gasteiger partial charge in [-0.2, -0.15) is 0 Å². The maximum absolute atomic E-state index is 12.2. The van der Waals surface area contributed by atoms with Gasteiger partial charge >= 0.3 is 5.97 Å². The molecule has 1 N–H and O–H groups in total. The Labute approximate surface area is 132 Å². The molecule has 0 bridgehead atoms. The Balaban J connectivity index is 2.19. The van der Waals surface area contributed by atoms with Gasteiger partial charge in [-0.25, -0.2) is 0 Å². The van der Waals surface area contributed by atoms with Crippen LogP contribution in [0.1, 0.15) is 22.8 Å². The summed E-state index contributed by atoms with van der Waals surface area (Å²) >= 11 is 0. The second kappa shape index (κ2) is 6.69. The fourth-order valence-corrected chi connectivity index (χ4v) is 1.96. The number of nitrogens with one attached hydrogen (secondary N) is 1. The van der Waals surface area contributed by atoms with E-state index >= 15 is 0 Å². The molecule has 0 aliphatic rings. The van der Waals surface area contributed by atoms with E-state index in [1.807, 2.05) is 0 Å². The van der Waals surface area contributed by atoms with Crippen molar-refractivity contribution >= 4 is 23.3 Å². The maximum atomic E-state index is 12.2. The Kier molecular flexibility index (Phi) is 4.70. The van der Waals surface area contributed by atoms with Crippen LogP contribution in [0.4, 0.5) is 11.4 Å². The molecule has 7 nitrogen and oxygen atoms in total. The van der Waals surface area contributed by atoms with Gasteiger partial charge in [-0.1, -0.05) is 6.07 Å². The van der Waals surface area contributed by atoms with Crippen LogP contribution in [0.3, 0.4) is 0 Å². The zero-order chi connectivity index (χ0) is 17.0. The first-order chi connectivity index (χ1) is 10.9. The highest BCUT2D eigenvalue weighted by Crippen LogP contribution is 2.22. The number of esters is 1. The van der Waals surface area contributed by atoms with Crippen molar-refractivity contribution in [3.05, 3.63) is 63.7 Å². The third kappa shape index (κ3) is 4.13. The van der Waals surface area contributed by atoms with Crippen molar-refractivity contribution in [2.24, 2.45) is 0 Å². The van der Waals surface area contributed by atoms with Gasteiger partial charge in [0.05, 0.1) is 4.92 Å². The van der Waals surface area contributed by atoms with Crippen LogP contribution in [-0.2, 0) is 4.79 Å². The zero-order valence-electron chi connectivity index (χ0n) is 12.5. The van der Waals surface area contributed by atoms with Crippen LogP contribution in [0.15, 0.2) is 42.5 Å². The fourth-order valence-electron chi connectivity index (χ4n) is 1.96. The van der Waals surface area contributed by atoms with Gasteiger partial charge in [0.25, 0.3) is 11.6 Å².